The lowest BCUT2D eigenvalue weighted by Crippen LogP contribution is -2.49. The molecule has 164 valence electrons. The van der Waals surface area contributed by atoms with Crippen LogP contribution in [0.1, 0.15) is 18.3 Å². The highest BCUT2D eigenvalue weighted by Gasteiger charge is 2.29. The van der Waals surface area contributed by atoms with Gasteiger partial charge in [0.1, 0.15) is 29.5 Å². The Morgan fingerprint density at radius 3 is 2.39 bits per heavy atom. The molecule has 1 aromatic carbocycles. The maximum Gasteiger partial charge on any atom is 0.243 e. The third-order valence-corrected chi connectivity index (χ3v) is 7.25. The maximum absolute atomic E-state index is 13.1. The summed E-state index contributed by atoms with van der Waals surface area (Å²) in [4.78, 5) is 15.3. The summed E-state index contributed by atoms with van der Waals surface area (Å²) in [5.41, 5.74) is 0.810. The first-order chi connectivity index (χ1) is 14.9. The third kappa shape index (κ3) is 4.26. The van der Waals surface area contributed by atoms with Gasteiger partial charge >= 0.3 is 0 Å². The number of ether oxygens (including phenoxy) is 1. The van der Waals surface area contributed by atoms with Crippen LogP contribution < -0.4 is 9.64 Å². The predicted octanol–water partition coefficient (Wildman–Crippen LogP) is 2.19. The lowest BCUT2D eigenvalue weighted by Gasteiger charge is -2.34. The monoisotopic (exact) mass is 442 g/mol. The fraction of sp³-hybridized carbons (Fsp3) is 0.381. The zero-order valence-corrected chi connectivity index (χ0v) is 18.7. The zero-order chi connectivity index (χ0) is 22.0. The van der Waals surface area contributed by atoms with Crippen molar-refractivity contribution in [3.63, 3.8) is 0 Å². The molecule has 1 saturated heterocycles. The van der Waals surface area contributed by atoms with E-state index < -0.39 is 10.0 Å². The van der Waals surface area contributed by atoms with Crippen molar-refractivity contribution in [1.29, 1.82) is 0 Å². The molecular formula is C21H26N6O3S. The van der Waals surface area contributed by atoms with Crippen molar-refractivity contribution in [2.75, 3.05) is 37.7 Å². The quantitative estimate of drug-likeness (QED) is 0.578. The van der Waals surface area contributed by atoms with Crippen LogP contribution in [0.5, 0.6) is 5.75 Å². The number of piperazine rings is 1. The van der Waals surface area contributed by atoms with E-state index >= 15 is 0 Å². The Morgan fingerprint density at radius 1 is 1.00 bits per heavy atom. The smallest absolute Gasteiger partial charge is 0.243 e. The highest BCUT2D eigenvalue weighted by Crippen LogP contribution is 2.25. The molecule has 0 spiro atoms. The van der Waals surface area contributed by atoms with E-state index in [0.29, 0.717) is 43.4 Å². The molecule has 0 aliphatic carbocycles. The molecule has 0 unspecified atom stereocenters. The number of nitrogens with zero attached hydrogens (tertiary/aromatic N) is 6. The number of hydrogen-bond donors (Lipinski definition) is 0. The van der Waals surface area contributed by atoms with Crippen LogP contribution in [0.2, 0.25) is 0 Å². The second kappa shape index (κ2) is 8.64. The van der Waals surface area contributed by atoms with Gasteiger partial charge in [-0.15, -0.1) is 0 Å². The second-order valence-electron chi connectivity index (χ2n) is 7.33. The van der Waals surface area contributed by atoms with Crippen LogP contribution in [0.25, 0.3) is 5.82 Å². The van der Waals surface area contributed by atoms with Crippen LogP contribution in [0, 0.1) is 13.8 Å². The first-order valence-electron chi connectivity index (χ1n) is 10.2. The minimum Gasteiger partial charge on any atom is -0.494 e. The standard InChI is InChI=1S/C21H26N6O3S/c1-4-30-19-6-5-18(13-16(19)2)31(28,29)26-11-9-25(10-12-26)20-14-21(24-15-23-20)27-8-7-22-17(27)3/h5-8,13-15H,4,9-12H2,1-3H3. The molecule has 1 fully saturated rings. The summed E-state index contributed by atoms with van der Waals surface area (Å²) in [6.45, 7) is 8.09. The highest BCUT2D eigenvalue weighted by molar-refractivity contribution is 7.89. The molecule has 0 atom stereocenters. The summed E-state index contributed by atoms with van der Waals surface area (Å²) in [6, 6.07) is 6.91. The molecule has 0 bridgehead atoms. The number of aromatic nitrogens is 4. The van der Waals surface area contributed by atoms with E-state index in [1.807, 2.05) is 37.6 Å². The van der Waals surface area contributed by atoms with Crippen LogP contribution >= 0.6 is 0 Å². The Balaban J connectivity index is 1.47. The molecule has 31 heavy (non-hydrogen) atoms. The van der Waals surface area contributed by atoms with Crippen molar-refractivity contribution in [2.24, 2.45) is 0 Å². The van der Waals surface area contributed by atoms with E-state index in [1.165, 1.54) is 10.6 Å². The number of sulfonamides is 1. The van der Waals surface area contributed by atoms with Gasteiger partial charge in [-0.25, -0.2) is 23.4 Å². The van der Waals surface area contributed by atoms with Crippen molar-refractivity contribution in [3.8, 4) is 11.6 Å². The molecule has 0 radical (unpaired) electrons. The Labute approximate surface area is 182 Å². The molecule has 1 aliphatic heterocycles. The van der Waals surface area contributed by atoms with E-state index in [9.17, 15) is 8.42 Å². The topological polar surface area (TPSA) is 93.5 Å². The van der Waals surface area contributed by atoms with Crippen LogP contribution in [-0.4, -0.2) is 65.0 Å². The molecule has 3 heterocycles. The van der Waals surface area contributed by atoms with Crippen LogP contribution in [0.4, 0.5) is 5.82 Å². The van der Waals surface area contributed by atoms with Crippen molar-refractivity contribution in [1.82, 2.24) is 23.8 Å². The van der Waals surface area contributed by atoms with Crippen LogP contribution in [0.3, 0.4) is 0 Å². The molecule has 10 heteroatoms. The summed E-state index contributed by atoms with van der Waals surface area (Å²) in [5.74, 6) is 3.05. The van der Waals surface area contributed by atoms with Crippen LogP contribution in [0.15, 0.2) is 47.9 Å². The van der Waals surface area contributed by atoms with E-state index in [2.05, 4.69) is 19.9 Å². The molecule has 2 aromatic heterocycles. The van der Waals surface area contributed by atoms with Crippen LogP contribution in [-0.2, 0) is 10.0 Å². The normalized spacial score (nSPS) is 15.3. The first kappa shape index (κ1) is 21.3. The van der Waals surface area contributed by atoms with Gasteiger partial charge in [0, 0.05) is 44.6 Å². The number of benzene rings is 1. The van der Waals surface area contributed by atoms with E-state index in [1.54, 1.807) is 24.4 Å². The van der Waals surface area contributed by atoms with Crippen molar-refractivity contribution in [2.45, 2.75) is 25.7 Å². The van der Waals surface area contributed by atoms with Gasteiger partial charge in [-0.3, -0.25) is 4.57 Å². The van der Waals surface area contributed by atoms with Gasteiger partial charge in [-0.2, -0.15) is 4.31 Å². The third-order valence-electron chi connectivity index (χ3n) is 5.36. The number of rotatable bonds is 6. The first-order valence-corrected chi connectivity index (χ1v) is 11.6. The van der Waals surface area contributed by atoms with E-state index in [-0.39, 0.29) is 0 Å². The summed E-state index contributed by atoms with van der Waals surface area (Å²) < 4.78 is 35.2. The maximum atomic E-state index is 13.1. The van der Waals surface area contributed by atoms with Gasteiger partial charge in [0.05, 0.1) is 11.5 Å². The fourth-order valence-electron chi connectivity index (χ4n) is 3.67. The summed E-state index contributed by atoms with van der Waals surface area (Å²) in [5, 5.41) is 0. The molecular weight excluding hydrogens is 416 g/mol. The van der Waals surface area contributed by atoms with Crippen molar-refractivity contribution >= 4 is 15.8 Å². The average molecular weight is 443 g/mol. The van der Waals surface area contributed by atoms with Crippen molar-refractivity contribution < 1.29 is 13.2 Å². The lowest BCUT2D eigenvalue weighted by atomic mass is 10.2. The zero-order valence-electron chi connectivity index (χ0n) is 17.9. The second-order valence-corrected chi connectivity index (χ2v) is 9.27. The Morgan fingerprint density at radius 2 is 1.74 bits per heavy atom. The Kier molecular flexibility index (Phi) is 5.92. The summed E-state index contributed by atoms with van der Waals surface area (Å²) in [6.07, 6.45) is 5.10. The molecule has 0 N–H and O–H groups in total. The Bertz CT molecular complexity index is 1170. The number of anilines is 1. The highest BCUT2D eigenvalue weighted by atomic mass is 32.2. The Hall–Kier alpha value is -2.98. The van der Waals surface area contributed by atoms with Gasteiger partial charge in [0.25, 0.3) is 0 Å². The SMILES string of the molecule is CCOc1ccc(S(=O)(=O)N2CCN(c3cc(-n4ccnc4C)ncn3)CC2)cc1C. The van der Waals surface area contributed by atoms with Gasteiger partial charge in [-0.05, 0) is 44.5 Å². The van der Waals surface area contributed by atoms with Crippen molar-refractivity contribution in [3.05, 3.63) is 54.4 Å². The minimum atomic E-state index is -3.57. The molecule has 0 amide bonds. The number of aryl methyl sites for hydroxylation is 2. The van der Waals surface area contributed by atoms with E-state index in [4.69, 9.17) is 4.74 Å². The summed E-state index contributed by atoms with van der Waals surface area (Å²) >= 11 is 0. The average Bonchev–Trinajstić information content (AvgIpc) is 3.21. The molecule has 4 rings (SSSR count). The summed E-state index contributed by atoms with van der Waals surface area (Å²) in [7, 11) is -3.57. The predicted molar refractivity (Wildman–Crippen MR) is 117 cm³/mol. The van der Waals surface area contributed by atoms with Gasteiger partial charge in [0.2, 0.25) is 10.0 Å². The minimum absolute atomic E-state index is 0.293. The van der Waals surface area contributed by atoms with E-state index in [0.717, 1.165) is 23.0 Å². The number of hydrogen-bond acceptors (Lipinski definition) is 7. The largest absolute Gasteiger partial charge is 0.494 e. The fourth-order valence-corrected chi connectivity index (χ4v) is 5.18. The lowest BCUT2D eigenvalue weighted by molar-refractivity contribution is 0.337. The van der Waals surface area contributed by atoms with Gasteiger partial charge in [0.15, 0.2) is 0 Å². The molecule has 0 saturated carbocycles. The molecule has 9 nitrogen and oxygen atoms in total. The molecule has 1 aliphatic rings. The number of imidazole rings is 1. The molecule has 3 aromatic rings. The van der Waals surface area contributed by atoms with Gasteiger partial charge in [-0.1, -0.05) is 0 Å². The van der Waals surface area contributed by atoms with Gasteiger partial charge < -0.3 is 9.64 Å².